The Morgan fingerprint density at radius 1 is 1.41 bits per heavy atom. The zero-order chi connectivity index (χ0) is 19.4. The second-order valence-corrected chi connectivity index (χ2v) is 7.66. The molecule has 0 bridgehead atoms. The Morgan fingerprint density at radius 2 is 2.22 bits per heavy atom. The van der Waals surface area contributed by atoms with Gasteiger partial charge in [0.15, 0.2) is 5.13 Å². The number of hydrogen-bond acceptors (Lipinski definition) is 6. The highest BCUT2D eigenvalue weighted by atomic mass is 32.1. The fourth-order valence-corrected chi connectivity index (χ4v) is 3.48. The van der Waals surface area contributed by atoms with Crippen molar-refractivity contribution in [1.29, 1.82) is 0 Å². The van der Waals surface area contributed by atoms with Gasteiger partial charge in [-0.15, -0.1) is 11.3 Å². The van der Waals surface area contributed by atoms with Crippen LogP contribution >= 0.6 is 11.3 Å². The Balaban J connectivity index is 1.75. The lowest BCUT2D eigenvalue weighted by Gasteiger charge is -2.26. The molecule has 1 aliphatic rings. The summed E-state index contributed by atoms with van der Waals surface area (Å²) in [6, 6.07) is 5.71. The maximum absolute atomic E-state index is 11.8. The molecule has 7 nitrogen and oxygen atoms in total. The quantitative estimate of drug-likeness (QED) is 0.807. The summed E-state index contributed by atoms with van der Waals surface area (Å²) in [5, 5.41) is 7.96. The molecule has 2 N–H and O–H groups in total. The largest absolute Gasteiger partial charge is 0.493 e. The number of fused-ring (bicyclic) bond motifs is 1. The summed E-state index contributed by atoms with van der Waals surface area (Å²) in [6.45, 7) is 6.39. The van der Waals surface area contributed by atoms with E-state index in [0.29, 0.717) is 18.3 Å². The van der Waals surface area contributed by atoms with Crippen LogP contribution in [0.5, 0.6) is 5.75 Å². The number of anilines is 1. The molecule has 1 aliphatic heterocycles. The molecule has 3 rings (SSSR count). The summed E-state index contributed by atoms with van der Waals surface area (Å²) < 4.78 is 10.8. The van der Waals surface area contributed by atoms with Crippen LogP contribution in [0, 0.1) is 5.92 Å². The van der Waals surface area contributed by atoms with Gasteiger partial charge in [-0.25, -0.2) is 9.78 Å². The molecule has 144 valence electrons. The number of thiazole rings is 1. The molecule has 0 radical (unpaired) electrons. The minimum absolute atomic E-state index is 0.0710. The monoisotopic (exact) mass is 389 g/mol. The van der Waals surface area contributed by atoms with Gasteiger partial charge >= 0.3 is 6.09 Å². The average molecular weight is 389 g/mol. The summed E-state index contributed by atoms with van der Waals surface area (Å²) >= 11 is 1.33. The Morgan fingerprint density at radius 3 is 2.96 bits per heavy atom. The van der Waals surface area contributed by atoms with Gasteiger partial charge in [0.05, 0.1) is 24.9 Å². The smallest absolute Gasteiger partial charge is 0.413 e. The SMILES string of the molecule is CC(=O)NC1CCOc2ccc(-c3csc(NC(=O)OCC(C)C)n3)cc21. The zero-order valence-corrected chi connectivity index (χ0v) is 16.4. The van der Waals surface area contributed by atoms with Crippen molar-refractivity contribution in [3.8, 4) is 17.0 Å². The number of aromatic nitrogens is 1. The van der Waals surface area contributed by atoms with Gasteiger partial charge in [-0.2, -0.15) is 0 Å². The third kappa shape index (κ3) is 4.97. The highest BCUT2D eigenvalue weighted by Crippen LogP contribution is 2.36. The van der Waals surface area contributed by atoms with Crippen LogP contribution in [0.3, 0.4) is 0 Å². The minimum Gasteiger partial charge on any atom is -0.493 e. The predicted octanol–water partition coefficient (Wildman–Crippen LogP) is 3.97. The van der Waals surface area contributed by atoms with Crippen molar-refractivity contribution in [3.63, 3.8) is 0 Å². The van der Waals surface area contributed by atoms with E-state index in [9.17, 15) is 9.59 Å². The summed E-state index contributed by atoms with van der Waals surface area (Å²) in [5.74, 6) is 0.977. The van der Waals surface area contributed by atoms with Crippen molar-refractivity contribution in [2.45, 2.75) is 33.2 Å². The predicted molar refractivity (Wildman–Crippen MR) is 104 cm³/mol. The second-order valence-electron chi connectivity index (χ2n) is 6.80. The van der Waals surface area contributed by atoms with E-state index in [4.69, 9.17) is 9.47 Å². The Labute approximate surface area is 162 Å². The van der Waals surface area contributed by atoms with Gasteiger partial charge in [0, 0.05) is 29.9 Å². The third-order valence-electron chi connectivity index (χ3n) is 3.98. The number of amides is 2. The standard InChI is InChI=1S/C19H23N3O4S/c1-11(2)9-26-19(24)22-18-21-16(10-27-18)13-4-5-17-14(8-13)15(6-7-25-17)20-12(3)23/h4-5,8,10-11,15H,6-7,9H2,1-3H3,(H,20,23)(H,21,22,24). The van der Waals surface area contributed by atoms with Gasteiger partial charge < -0.3 is 14.8 Å². The summed E-state index contributed by atoms with van der Waals surface area (Å²) in [7, 11) is 0. The van der Waals surface area contributed by atoms with Gasteiger partial charge in [-0.3, -0.25) is 10.1 Å². The first-order valence-electron chi connectivity index (χ1n) is 8.86. The lowest BCUT2D eigenvalue weighted by molar-refractivity contribution is -0.119. The molecule has 1 aromatic heterocycles. The van der Waals surface area contributed by atoms with Crippen molar-refractivity contribution < 1.29 is 19.1 Å². The molecular formula is C19H23N3O4S. The van der Waals surface area contributed by atoms with E-state index in [0.717, 1.165) is 29.0 Å². The summed E-state index contributed by atoms with van der Waals surface area (Å²) in [5.41, 5.74) is 2.58. The summed E-state index contributed by atoms with van der Waals surface area (Å²) in [6.07, 6.45) is 0.218. The van der Waals surface area contributed by atoms with Crippen molar-refractivity contribution in [2.75, 3.05) is 18.5 Å². The topological polar surface area (TPSA) is 89.6 Å². The average Bonchev–Trinajstić information content (AvgIpc) is 3.08. The fourth-order valence-electron chi connectivity index (χ4n) is 2.78. The van der Waals surface area contributed by atoms with Crippen LogP contribution in [0.2, 0.25) is 0 Å². The van der Waals surface area contributed by atoms with E-state index in [1.54, 1.807) is 0 Å². The van der Waals surface area contributed by atoms with Gasteiger partial charge in [0.1, 0.15) is 5.75 Å². The molecule has 27 heavy (non-hydrogen) atoms. The number of ether oxygens (including phenoxy) is 2. The Bertz CT molecular complexity index is 834. The number of carbonyl (C=O) groups excluding carboxylic acids is 2. The minimum atomic E-state index is -0.505. The molecule has 0 saturated carbocycles. The van der Waals surface area contributed by atoms with Crippen LogP contribution in [0.1, 0.15) is 38.8 Å². The van der Waals surface area contributed by atoms with Crippen molar-refractivity contribution in [3.05, 3.63) is 29.1 Å². The van der Waals surface area contributed by atoms with Crippen LogP contribution < -0.4 is 15.4 Å². The molecule has 1 unspecified atom stereocenters. The van der Waals surface area contributed by atoms with E-state index in [1.807, 2.05) is 37.4 Å². The first kappa shape index (κ1) is 19.2. The molecule has 0 saturated heterocycles. The van der Waals surface area contributed by atoms with E-state index < -0.39 is 6.09 Å². The molecule has 1 atom stereocenters. The zero-order valence-electron chi connectivity index (χ0n) is 15.6. The highest BCUT2D eigenvalue weighted by molar-refractivity contribution is 7.14. The van der Waals surface area contributed by atoms with Crippen molar-refractivity contribution in [2.24, 2.45) is 5.92 Å². The molecule has 1 aromatic carbocycles. The van der Waals surface area contributed by atoms with Gasteiger partial charge in [0.2, 0.25) is 5.91 Å². The highest BCUT2D eigenvalue weighted by Gasteiger charge is 2.23. The van der Waals surface area contributed by atoms with E-state index in [1.165, 1.54) is 18.3 Å². The van der Waals surface area contributed by atoms with E-state index >= 15 is 0 Å². The lowest BCUT2D eigenvalue weighted by atomic mass is 9.97. The molecule has 2 heterocycles. The second kappa shape index (κ2) is 8.39. The normalized spacial score (nSPS) is 15.6. The number of hydrogen-bond donors (Lipinski definition) is 2. The maximum atomic E-state index is 11.8. The van der Waals surface area contributed by atoms with Crippen molar-refractivity contribution in [1.82, 2.24) is 10.3 Å². The van der Waals surface area contributed by atoms with Gasteiger partial charge in [0.25, 0.3) is 0 Å². The number of rotatable bonds is 5. The van der Waals surface area contributed by atoms with Crippen LogP contribution in [0.25, 0.3) is 11.3 Å². The number of nitrogens with zero attached hydrogens (tertiary/aromatic N) is 1. The van der Waals surface area contributed by atoms with Crippen LogP contribution in [-0.2, 0) is 9.53 Å². The lowest BCUT2D eigenvalue weighted by Crippen LogP contribution is -2.30. The molecule has 0 fully saturated rings. The maximum Gasteiger partial charge on any atom is 0.413 e. The van der Waals surface area contributed by atoms with E-state index in [2.05, 4.69) is 15.6 Å². The molecule has 2 amide bonds. The summed E-state index contributed by atoms with van der Waals surface area (Å²) in [4.78, 5) is 27.7. The van der Waals surface area contributed by atoms with Gasteiger partial charge in [-0.1, -0.05) is 13.8 Å². The van der Waals surface area contributed by atoms with Crippen LogP contribution in [0.15, 0.2) is 23.6 Å². The number of carbonyl (C=O) groups is 2. The van der Waals surface area contributed by atoms with Crippen molar-refractivity contribution >= 4 is 28.5 Å². The first-order chi connectivity index (χ1) is 12.9. The Hall–Kier alpha value is -2.61. The van der Waals surface area contributed by atoms with Gasteiger partial charge in [-0.05, 0) is 24.1 Å². The fraction of sp³-hybridized carbons (Fsp3) is 0.421. The number of nitrogens with one attached hydrogen (secondary N) is 2. The first-order valence-corrected chi connectivity index (χ1v) is 9.74. The van der Waals surface area contributed by atoms with E-state index in [-0.39, 0.29) is 17.9 Å². The molecule has 0 aliphatic carbocycles. The molecule has 0 spiro atoms. The molecule has 8 heteroatoms. The number of benzene rings is 1. The molecule has 2 aromatic rings. The molecular weight excluding hydrogens is 366 g/mol. The third-order valence-corrected chi connectivity index (χ3v) is 4.74. The Kier molecular flexibility index (Phi) is 5.95. The van der Waals surface area contributed by atoms with Crippen LogP contribution in [-0.4, -0.2) is 30.2 Å². The van der Waals surface area contributed by atoms with Crippen LogP contribution in [0.4, 0.5) is 9.93 Å².